The minimum atomic E-state index is -0.564. The largest absolute Gasteiger partial charge is 0.632 e. The zero-order valence-electron chi connectivity index (χ0n) is 9.06. The highest BCUT2D eigenvalue weighted by molar-refractivity contribution is 4.93. The molecule has 14 heavy (non-hydrogen) atoms. The lowest BCUT2D eigenvalue weighted by Gasteiger charge is -2.52. The second kappa shape index (κ2) is 4.26. The average molecular weight is 198 g/mol. The smallest absolute Gasteiger partial charge is 0.202 e. The van der Waals surface area contributed by atoms with Crippen molar-refractivity contribution in [2.24, 2.45) is 0 Å². The molecule has 0 amide bonds. The quantitative estimate of drug-likeness (QED) is 0.498. The van der Waals surface area contributed by atoms with E-state index in [2.05, 4.69) is 6.07 Å². The van der Waals surface area contributed by atoms with Gasteiger partial charge in [-0.1, -0.05) is 6.92 Å². The molecular formula is C10H18N2O2. The van der Waals surface area contributed by atoms with Crippen LogP contribution < -0.4 is 0 Å². The third kappa shape index (κ3) is 2.06. The molecule has 1 heterocycles. The van der Waals surface area contributed by atoms with E-state index in [0.29, 0.717) is 13.1 Å². The van der Waals surface area contributed by atoms with Crippen LogP contribution in [0, 0.1) is 16.5 Å². The van der Waals surface area contributed by atoms with Crippen LogP contribution in [-0.2, 0) is 4.74 Å². The number of quaternary nitrogens is 1. The van der Waals surface area contributed by atoms with E-state index in [1.807, 2.05) is 20.8 Å². The van der Waals surface area contributed by atoms with Crippen LogP contribution >= 0.6 is 0 Å². The SMILES string of the molecule is CCC[N+]1([O-])CC(C)OC(C)C1C#N. The van der Waals surface area contributed by atoms with Crippen LogP contribution in [0.5, 0.6) is 0 Å². The van der Waals surface area contributed by atoms with Crippen molar-refractivity contribution >= 4 is 0 Å². The van der Waals surface area contributed by atoms with Crippen LogP contribution in [0.25, 0.3) is 0 Å². The van der Waals surface area contributed by atoms with Gasteiger partial charge in [-0.2, -0.15) is 5.26 Å². The normalized spacial score (nSPS) is 43.2. The molecule has 0 saturated carbocycles. The molecule has 1 aliphatic heterocycles. The number of hydrogen-bond donors (Lipinski definition) is 0. The molecule has 4 atom stereocenters. The van der Waals surface area contributed by atoms with Gasteiger partial charge in [0.1, 0.15) is 24.8 Å². The number of ether oxygens (including phenoxy) is 1. The summed E-state index contributed by atoms with van der Waals surface area (Å²) >= 11 is 0. The van der Waals surface area contributed by atoms with E-state index in [-0.39, 0.29) is 12.2 Å². The zero-order valence-corrected chi connectivity index (χ0v) is 9.06. The van der Waals surface area contributed by atoms with Crippen LogP contribution in [0.15, 0.2) is 0 Å². The van der Waals surface area contributed by atoms with Crippen molar-refractivity contribution in [3.63, 3.8) is 0 Å². The first-order valence-electron chi connectivity index (χ1n) is 5.16. The Bertz CT molecular complexity index is 239. The Hall–Kier alpha value is -0.630. The maximum atomic E-state index is 12.3. The fourth-order valence-corrected chi connectivity index (χ4v) is 2.23. The molecule has 1 rings (SSSR count). The number of nitrogens with zero attached hydrogens (tertiary/aromatic N) is 2. The van der Waals surface area contributed by atoms with Crippen LogP contribution in [0.4, 0.5) is 0 Å². The van der Waals surface area contributed by atoms with E-state index in [1.165, 1.54) is 0 Å². The first kappa shape index (κ1) is 11.4. The molecule has 0 spiro atoms. The van der Waals surface area contributed by atoms with Gasteiger partial charge in [-0.3, -0.25) is 0 Å². The fourth-order valence-electron chi connectivity index (χ4n) is 2.23. The monoisotopic (exact) mass is 198 g/mol. The molecule has 1 fully saturated rings. The molecule has 0 aromatic heterocycles. The van der Waals surface area contributed by atoms with Gasteiger partial charge >= 0.3 is 0 Å². The van der Waals surface area contributed by atoms with Gasteiger partial charge in [0.25, 0.3) is 0 Å². The maximum absolute atomic E-state index is 12.3. The van der Waals surface area contributed by atoms with Crippen molar-refractivity contribution < 1.29 is 9.38 Å². The lowest BCUT2D eigenvalue weighted by Crippen LogP contribution is -2.62. The summed E-state index contributed by atoms with van der Waals surface area (Å²) in [6.45, 7) is 6.58. The van der Waals surface area contributed by atoms with Crippen molar-refractivity contribution in [2.75, 3.05) is 13.1 Å². The Balaban J connectivity index is 2.83. The number of hydrogen-bond acceptors (Lipinski definition) is 3. The lowest BCUT2D eigenvalue weighted by molar-refractivity contribution is -0.912. The standard InChI is InChI=1S/C10H18N2O2/c1-4-5-12(13)7-8(2)14-9(3)10(12)6-11/h8-10H,4-5,7H2,1-3H3. The number of hydroxylamine groups is 3. The molecule has 0 aliphatic carbocycles. The second-order valence-electron chi connectivity index (χ2n) is 4.08. The molecule has 4 nitrogen and oxygen atoms in total. The van der Waals surface area contributed by atoms with Gasteiger partial charge in [0, 0.05) is 0 Å². The van der Waals surface area contributed by atoms with Gasteiger partial charge in [-0.05, 0) is 20.3 Å². The summed E-state index contributed by atoms with van der Waals surface area (Å²) in [4.78, 5) is 0. The Kier molecular flexibility index (Phi) is 3.48. The van der Waals surface area contributed by atoms with Gasteiger partial charge in [-0.25, -0.2) is 0 Å². The number of nitriles is 1. The van der Waals surface area contributed by atoms with Crippen LogP contribution in [0.2, 0.25) is 0 Å². The summed E-state index contributed by atoms with van der Waals surface area (Å²) < 4.78 is 5.09. The molecule has 80 valence electrons. The summed E-state index contributed by atoms with van der Waals surface area (Å²) in [7, 11) is 0. The van der Waals surface area contributed by atoms with Crippen LogP contribution in [0.1, 0.15) is 27.2 Å². The minimum absolute atomic E-state index is 0.0429. The molecule has 4 heteroatoms. The van der Waals surface area contributed by atoms with Gasteiger partial charge in [0.05, 0.1) is 6.54 Å². The topological polar surface area (TPSA) is 56.1 Å². The summed E-state index contributed by atoms with van der Waals surface area (Å²) in [6.07, 6.45) is 0.507. The molecule has 0 bridgehead atoms. The molecule has 1 aliphatic rings. The van der Waals surface area contributed by atoms with E-state index >= 15 is 0 Å². The lowest BCUT2D eigenvalue weighted by atomic mass is 10.1. The van der Waals surface area contributed by atoms with Crippen molar-refractivity contribution in [3.05, 3.63) is 5.21 Å². The first-order valence-corrected chi connectivity index (χ1v) is 5.16. The average Bonchev–Trinajstić information content (AvgIpc) is 2.02. The summed E-state index contributed by atoms with van der Waals surface area (Å²) in [5.74, 6) is 0. The van der Waals surface area contributed by atoms with Crippen molar-refractivity contribution in [1.29, 1.82) is 5.26 Å². The molecule has 4 unspecified atom stereocenters. The maximum Gasteiger partial charge on any atom is 0.202 e. The highest BCUT2D eigenvalue weighted by Crippen LogP contribution is 2.25. The third-order valence-electron chi connectivity index (χ3n) is 2.70. The Morgan fingerprint density at radius 2 is 2.21 bits per heavy atom. The highest BCUT2D eigenvalue weighted by Gasteiger charge is 2.40. The Labute approximate surface area is 85.2 Å². The van der Waals surface area contributed by atoms with Gasteiger partial charge in [0.15, 0.2) is 0 Å². The molecule has 0 aromatic rings. The predicted octanol–water partition coefficient (Wildman–Crippen LogP) is 1.41. The van der Waals surface area contributed by atoms with Gasteiger partial charge < -0.3 is 14.6 Å². The van der Waals surface area contributed by atoms with E-state index in [0.717, 1.165) is 6.42 Å². The van der Waals surface area contributed by atoms with E-state index in [1.54, 1.807) is 0 Å². The molecule has 0 radical (unpaired) electrons. The third-order valence-corrected chi connectivity index (χ3v) is 2.70. The molecule has 0 aromatic carbocycles. The van der Waals surface area contributed by atoms with Crippen molar-refractivity contribution in [3.8, 4) is 6.07 Å². The summed E-state index contributed by atoms with van der Waals surface area (Å²) in [6, 6.07) is 1.52. The van der Waals surface area contributed by atoms with E-state index in [4.69, 9.17) is 10.00 Å². The first-order chi connectivity index (χ1) is 6.53. The van der Waals surface area contributed by atoms with Crippen LogP contribution in [-0.4, -0.2) is 36.0 Å². The summed E-state index contributed by atoms with van der Waals surface area (Å²) in [5.41, 5.74) is 0. The molecular weight excluding hydrogens is 180 g/mol. The minimum Gasteiger partial charge on any atom is -0.632 e. The van der Waals surface area contributed by atoms with E-state index in [9.17, 15) is 5.21 Å². The fraction of sp³-hybridized carbons (Fsp3) is 0.900. The van der Waals surface area contributed by atoms with E-state index < -0.39 is 10.7 Å². The van der Waals surface area contributed by atoms with Gasteiger partial charge in [-0.15, -0.1) is 0 Å². The van der Waals surface area contributed by atoms with Crippen molar-refractivity contribution in [2.45, 2.75) is 45.4 Å². The summed E-state index contributed by atoms with van der Waals surface area (Å²) in [5, 5.41) is 21.3. The van der Waals surface area contributed by atoms with Crippen LogP contribution in [0.3, 0.4) is 0 Å². The predicted molar refractivity (Wildman–Crippen MR) is 53.1 cm³/mol. The highest BCUT2D eigenvalue weighted by atomic mass is 16.6. The zero-order chi connectivity index (χ0) is 10.8. The Morgan fingerprint density at radius 3 is 2.71 bits per heavy atom. The second-order valence-corrected chi connectivity index (χ2v) is 4.08. The van der Waals surface area contributed by atoms with Gasteiger partial charge in [0.2, 0.25) is 6.04 Å². The number of rotatable bonds is 2. The molecule has 1 saturated heterocycles. The Morgan fingerprint density at radius 1 is 1.57 bits per heavy atom. The molecule has 0 N–H and O–H groups in total. The number of morpholine rings is 1. The van der Waals surface area contributed by atoms with Crippen molar-refractivity contribution in [1.82, 2.24) is 0 Å².